The fourth-order valence-electron chi connectivity index (χ4n) is 4.44. The Labute approximate surface area is 191 Å². The van der Waals surface area contributed by atoms with Gasteiger partial charge in [0.25, 0.3) is 5.91 Å². The second kappa shape index (κ2) is 8.55. The van der Waals surface area contributed by atoms with Crippen LogP contribution in [0, 0.1) is 20.8 Å². The molecule has 2 aromatic rings. The first-order valence-corrected chi connectivity index (χ1v) is 11.3. The van der Waals surface area contributed by atoms with Crippen molar-refractivity contribution < 1.29 is 9.59 Å². The molecule has 1 spiro atoms. The molecule has 2 aliphatic rings. The Hall–Kier alpha value is -2.51. The topological polar surface area (TPSA) is 73.8 Å². The fraction of sp³-hybridized carbons (Fsp3) is 0.375. The maximum absolute atomic E-state index is 12.6. The number of hydrogen-bond acceptors (Lipinski definition) is 4. The third-order valence-corrected chi connectivity index (χ3v) is 6.53. The van der Waals surface area contributed by atoms with E-state index in [1.54, 1.807) is 0 Å². The third-order valence-electron chi connectivity index (χ3n) is 6.00. The number of rotatable bonds is 4. The molecule has 2 heterocycles. The second-order valence-electron chi connectivity index (χ2n) is 8.55. The summed E-state index contributed by atoms with van der Waals surface area (Å²) in [4.78, 5) is 32.1. The molecule has 2 aliphatic heterocycles. The zero-order valence-corrected chi connectivity index (χ0v) is 19.7. The van der Waals surface area contributed by atoms with Gasteiger partial charge in [0.15, 0.2) is 0 Å². The minimum atomic E-state index is -0.559. The Morgan fingerprint density at radius 2 is 1.74 bits per heavy atom. The van der Waals surface area contributed by atoms with Crippen molar-refractivity contribution in [1.29, 1.82) is 0 Å². The average molecular weight is 483 g/mol. The van der Waals surface area contributed by atoms with Crippen LogP contribution in [0.4, 0.5) is 5.69 Å². The molecule has 0 unspecified atom stereocenters. The van der Waals surface area contributed by atoms with Crippen LogP contribution in [-0.2, 0) is 9.59 Å². The quantitative estimate of drug-likeness (QED) is 0.697. The Morgan fingerprint density at radius 1 is 1.13 bits per heavy atom. The van der Waals surface area contributed by atoms with Crippen LogP contribution in [-0.4, -0.2) is 47.7 Å². The van der Waals surface area contributed by atoms with Gasteiger partial charge in [0, 0.05) is 41.7 Å². The van der Waals surface area contributed by atoms with Crippen LogP contribution in [0.15, 0.2) is 45.9 Å². The summed E-state index contributed by atoms with van der Waals surface area (Å²) in [5.41, 5.74) is 4.99. The molecule has 7 heteroatoms. The zero-order valence-electron chi connectivity index (χ0n) is 18.1. The monoisotopic (exact) mass is 482 g/mol. The highest BCUT2D eigenvalue weighted by Crippen LogP contribution is 2.29. The van der Waals surface area contributed by atoms with Crippen molar-refractivity contribution in [2.45, 2.75) is 39.3 Å². The van der Waals surface area contributed by atoms with E-state index in [1.807, 2.05) is 38.1 Å². The number of benzene rings is 2. The predicted octanol–water partition coefficient (Wildman–Crippen LogP) is 3.72. The van der Waals surface area contributed by atoms with E-state index < -0.39 is 5.66 Å². The lowest BCUT2D eigenvalue weighted by molar-refractivity contribution is -0.119. The number of aryl methyl sites for hydroxylation is 3. The smallest absolute Gasteiger partial charge is 0.272 e. The Morgan fingerprint density at radius 3 is 2.35 bits per heavy atom. The van der Waals surface area contributed by atoms with Gasteiger partial charge in [0.2, 0.25) is 5.91 Å². The molecule has 4 rings (SSSR count). The SMILES string of the molecule is Cc1cc(C)c(NC(=O)CN2CCC3(CC2)N=C(c2ccc(Br)cc2)C(=O)N3)c(C)c1. The van der Waals surface area contributed by atoms with Crippen molar-refractivity contribution in [2.24, 2.45) is 4.99 Å². The number of nitrogens with one attached hydrogen (secondary N) is 2. The first-order valence-electron chi connectivity index (χ1n) is 10.5. The van der Waals surface area contributed by atoms with E-state index in [0.29, 0.717) is 38.2 Å². The van der Waals surface area contributed by atoms with Gasteiger partial charge in [-0.1, -0.05) is 45.8 Å². The van der Waals surface area contributed by atoms with Crippen LogP contribution in [0.25, 0.3) is 0 Å². The first kappa shape index (κ1) is 21.7. The highest BCUT2D eigenvalue weighted by molar-refractivity contribution is 9.10. The molecule has 2 N–H and O–H groups in total. The van der Waals surface area contributed by atoms with Crippen molar-refractivity contribution in [2.75, 3.05) is 25.0 Å². The van der Waals surface area contributed by atoms with Crippen molar-refractivity contribution in [3.05, 3.63) is 63.1 Å². The minimum absolute atomic E-state index is 0.0134. The number of carbonyl (C=O) groups is 2. The van der Waals surface area contributed by atoms with E-state index in [4.69, 9.17) is 4.99 Å². The molecular formula is C24H27BrN4O2. The van der Waals surface area contributed by atoms with Crippen LogP contribution in [0.5, 0.6) is 0 Å². The van der Waals surface area contributed by atoms with Crippen LogP contribution < -0.4 is 10.6 Å². The normalized spacial score (nSPS) is 18.1. The number of hydrogen-bond donors (Lipinski definition) is 2. The minimum Gasteiger partial charge on any atom is -0.326 e. The van der Waals surface area contributed by atoms with Gasteiger partial charge in [-0.3, -0.25) is 19.5 Å². The molecule has 0 radical (unpaired) electrons. The summed E-state index contributed by atoms with van der Waals surface area (Å²) < 4.78 is 0.965. The summed E-state index contributed by atoms with van der Waals surface area (Å²) in [5, 5.41) is 6.16. The number of amides is 2. The fourth-order valence-corrected chi connectivity index (χ4v) is 4.71. The van der Waals surface area contributed by atoms with Crippen molar-refractivity contribution >= 4 is 39.1 Å². The molecule has 0 aliphatic carbocycles. The van der Waals surface area contributed by atoms with E-state index in [1.165, 1.54) is 5.56 Å². The zero-order chi connectivity index (χ0) is 22.2. The molecule has 2 aromatic carbocycles. The van der Waals surface area contributed by atoms with Gasteiger partial charge < -0.3 is 10.6 Å². The summed E-state index contributed by atoms with van der Waals surface area (Å²) in [6, 6.07) is 11.8. The van der Waals surface area contributed by atoms with Gasteiger partial charge in [0.1, 0.15) is 11.4 Å². The van der Waals surface area contributed by atoms with E-state index in [2.05, 4.69) is 50.5 Å². The Kier molecular flexibility index (Phi) is 5.99. The predicted molar refractivity (Wildman–Crippen MR) is 127 cm³/mol. The number of likely N-dealkylation sites (tertiary alicyclic amines) is 1. The van der Waals surface area contributed by atoms with Gasteiger partial charge in [-0.05, 0) is 44.0 Å². The number of aliphatic imine (C=N–C) groups is 1. The molecule has 2 amide bonds. The molecule has 0 aromatic heterocycles. The number of nitrogens with zero attached hydrogens (tertiary/aromatic N) is 2. The van der Waals surface area contributed by atoms with Gasteiger partial charge in [-0.25, -0.2) is 0 Å². The van der Waals surface area contributed by atoms with Crippen molar-refractivity contribution in [3.63, 3.8) is 0 Å². The Bertz CT molecular complexity index is 1030. The van der Waals surface area contributed by atoms with Crippen molar-refractivity contribution in [3.8, 4) is 0 Å². The number of carbonyl (C=O) groups excluding carboxylic acids is 2. The molecule has 0 saturated carbocycles. The molecule has 162 valence electrons. The maximum Gasteiger partial charge on any atom is 0.272 e. The van der Waals surface area contributed by atoms with Crippen LogP contribution in [0.2, 0.25) is 0 Å². The second-order valence-corrected chi connectivity index (χ2v) is 9.47. The molecule has 0 bridgehead atoms. The average Bonchev–Trinajstić information content (AvgIpc) is 3.03. The van der Waals surface area contributed by atoms with E-state index in [-0.39, 0.29) is 11.8 Å². The summed E-state index contributed by atoms with van der Waals surface area (Å²) >= 11 is 3.42. The Balaban J connectivity index is 1.37. The summed E-state index contributed by atoms with van der Waals surface area (Å²) in [6.07, 6.45) is 1.38. The number of anilines is 1. The summed E-state index contributed by atoms with van der Waals surface area (Å²) in [5.74, 6) is -0.139. The molecule has 1 saturated heterocycles. The van der Waals surface area contributed by atoms with Crippen molar-refractivity contribution in [1.82, 2.24) is 10.2 Å². The molecule has 1 fully saturated rings. The van der Waals surface area contributed by atoms with Gasteiger partial charge >= 0.3 is 0 Å². The number of piperidine rings is 1. The highest BCUT2D eigenvalue weighted by Gasteiger charge is 2.42. The lowest BCUT2D eigenvalue weighted by atomic mass is 9.98. The molecule has 31 heavy (non-hydrogen) atoms. The summed E-state index contributed by atoms with van der Waals surface area (Å²) in [6.45, 7) is 7.84. The molecule has 6 nitrogen and oxygen atoms in total. The first-order chi connectivity index (χ1) is 14.7. The van der Waals surface area contributed by atoms with E-state index in [9.17, 15) is 9.59 Å². The largest absolute Gasteiger partial charge is 0.326 e. The third kappa shape index (κ3) is 4.72. The summed E-state index contributed by atoms with van der Waals surface area (Å²) in [7, 11) is 0. The highest BCUT2D eigenvalue weighted by atomic mass is 79.9. The van der Waals surface area contributed by atoms with Crippen LogP contribution >= 0.6 is 15.9 Å². The lowest BCUT2D eigenvalue weighted by Crippen LogP contribution is -2.52. The van der Waals surface area contributed by atoms with E-state index >= 15 is 0 Å². The molecule has 0 atom stereocenters. The van der Waals surface area contributed by atoms with Gasteiger partial charge in [0.05, 0.1) is 6.54 Å². The number of halogens is 1. The van der Waals surface area contributed by atoms with Crippen LogP contribution in [0.3, 0.4) is 0 Å². The standard InChI is InChI=1S/C24H27BrN4O2/c1-15-12-16(2)21(17(3)13-15)26-20(30)14-29-10-8-24(9-11-29)27-22(23(31)28-24)18-4-6-19(25)7-5-18/h4-7,12-13H,8-11,14H2,1-3H3,(H,26,30)(H,28,31). The lowest BCUT2D eigenvalue weighted by Gasteiger charge is -2.36. The van der Waals surface area contributed by atoms with Gasteiger partial charge in [-0.15, -0.1) is 0 Å². The van der Waals surface area contributed by atoms with E-state index in [0.717, 1.165) is 26.9 Å². The van der Waals surface area contributed by atoms with Gasteiger partial charge in [-0.2, -0.15) is 0 Å². The maximum atomic E-state index is 12.6. The van der Waals surface area contributed by atoms with Crippen LogP contribution in [0.1, 0.15) is 35.1 Å². The molecular weight excluding hydrogens is 456 g/mol.